The first-order valence-electron chi connectivity index (χ1n) is 7.45. The van der Waals surface area contributed by atoms with Crippen molar-refractivity contribution in [2.45, 2.75) is 12.5 Å². The van der Waals surface area contributed by atoms with Gasteiger partial charge in [-0.1, -0.05) is 30.3 Å². The van der Waals surface area contributed by atoms with E-state index >= 15 is 0 Å². The Morgan fingerprint density at radius 2 is 1.75 bits per heavy atom. The van der Waals surface area contributed by atoms with Crippen molar-refractivity contribution >= 4 is 18.2 Å². The van der Waals surface area contributed by atoms with Crippen molar-refractivity contribution < 1.29 is 14.3 Å². The fourth-order valence-corrected chi connectivity index (χ4v) is 2.51. The van der Waals surface area contributed by atoms with Crippen molar-refractivity contribution in [1.29, 1.82) is 0 Å². The predicted molar refractivity (Wildman–Crippen MR) is 89.8 cm³/mol. The van der Waals surface area contributed by atoms with Crippen LogP contribution in [0.5, 0.6) is 5.75 Å². The predicted octanol–water partition coefficient (Wildman–Crippen LogP) is 2.50. The molecule has 0 spiro atoms. The third-order valence-electron chi connectivity index (χ3n) is 3.96. The fraction of sp³-hybridized carbons (Fsp3) is 0.167. The van der Waals surface area contributed by atoms with Crippen molar-refractivity contribution in [2.24, 2.45) is 5.10 Å². The lowest BCUT2D eigenvalue weighted by molar-refractivity contribution is -0.131. The zero-order valence-electron chi connectivity index (χ0n) is 13.4. The lowest BCUT2D eigenvalue weighted by Gasteiger charge is -2.20. The van der Waals surface area contributed by atoms with Crippen LogP contribution in [-0.4, -0.2) is 30.3 Å². The first-order valence-corrected chi connectivity index (χ1v) is 7.45. The summed E-state index contributed by atoms with van der Waals surface area (Å²) in [5.41, 5.74) is 0.352. The monoisotopic (exact) mass is 323 g/mol. The molecule has 0 bridgehead atoms. The zero-order valence-corrected chi connectivity index (χ0v) is 13.4. The maximum absolute atomic E-state index is 12.7. The van der Waals surface area contributed by atoms with Gasteiger partial charge in [0.1, 0.15) is 11.3 Å². The number of hydrogen-bond donors (Lipinski definition) is 1. The molecule has 2 aromatic rings. The van der Waals surface area contributed by atoms with Crippen LogP contribution in [0.1, 0.15) is 18.1 Å². The maximum atomic E-state index is 12.7. The molecule has 1 aliphatic rings. The van der Waals surface area contributed by atoms with Gasteiger partial charge in [0.25, 0.3) is 5.91 Å². The molecular weight excluding hydrogens is 306 g/mol. The number of nitrogens with one attached hydrogen (secondary N) is 1. The number of urea groups is 1. The molecule has 3 rings (SSSR count). The number of nitrogens with zero attached hydrogens (tertiary/aromatic N) is 2. The minimum absolute atomic E-state index is 0.413. The molecular formula is C18H17N3O3. The Balaban J connectivity index is 1.83. The van der Waals surface area contributed by atoms with E-state index in [0.29, 0.717) is 5.56 Å². The minimum atomic E-state index is -1.12. The van der Waals surface area contributed by atoms with Gasteiger partial charge in [0.2, 0.25) is 0 Å². The van der Waals surface area contributed by atoms with Gasteiger partial charge in [0.05, 0.1) is 13.3 Å². The summed E-state index contributed by atoms with van der Waals surface area (Å²) in [5.74, 6) is 0.308. The third kappa shape index (κ3) is 2.74. The molecule has 24 heavy (non-hydrogen) atoms. The number of rotatable bonds is 4. The van der Waals surface area contributed by atoms with Gasteiger partial charge in [0.15, 0.2) is 0 Å². The highest BCUT2D eigenvalue weighted by molar-refractivity contribution is 6.07. The highest BCUT2D eigenvalue weighted by Gasteiger charge is 2.49. The van der Waals surface area contributed by atoms with E-state index in [4.69, 9.17) is 4.74 Å². The van der Waals surface area contributed by atoms with Gasteiger partial charge in [0, 0.05) is 0 Å². The summed E-state index contributed by atoms with van der Waals surface area (Å²) in [5, 5.41) is 7.60. The second kappa shape index (κ2) is 6.16. The number of ether oxygens (including phenoxy) is 1. The minimum Gasteiger partial charge on any atom is -0.497 e. The molecule has 0 aliphatic carbocycles. The number of amides is 3. The summed E-state index contributed by atoms with van der Waals surface area (Å²) in [6.07, 6.45) is 1.47. The Morgan fingerprint density at radius 3 is 2.38 bits per heavy atom. The number of carbonyl (C=O) groups excluding carboxylic acids is 2. The standard InChI is InChI=1S/C18H17N3O3/c1-18(14-6-4-3-5-7-14)16(22)21(17(23)20-18)19-12-13-8-10-15(24-2)11-9-13/h3-12H,1-2H3,(H,20,23)/b19-12-/t18-/m1/s1. The lowest BCUT2D eigenvalue weighted by atomic mass is 9.92. The number of methoxy groups -OCH3 is 1. The van der Waals surface area contributed by atoms with Crippen molar-refractivity contribution in [1.82, 2.24) is 10.3 Å². The largest absolute Gasteiger partial charge is 0.497 e. The van der Waals surface area contributed by atoms with E-state index in [9.17, 15) is 9.59 Å². The van der Waals surface area contributed by atoms with Crippen LogP contribution in [0.2, 0.25) is 0 Å². The molecule has 1 heterocycles. The Kier molecular flexibility index (Phi) is 4.04. The molecule has 1 saturated heterocycles. The molecule has 6 nitrogen and oxygen atoms in total. The molecule has 3 amide bonds. The summed E-state index contributed by atoms with van der Waals surface area (Å²) in [6.45, 7) is 1.67. The molecule has 1 N–H and O–H groups in total. The van der Waals surface area contributed by atoms with Crippen LogP contribution in [0.25, 0.3) is 0 Å². The average molecular weight is 323 g/mol. The van der Waals surface area contributed by atoms with E-state index in [-0.39, 0.29) is 0 Å². The normalized spacial score (nSPS) is 20.5. The van der Waals surface area contributed by atoms with Crippen LogP contribution in [0.4, 0.5) is 4.79 Å². The van der Waals surface area contributed by atoms with E-state index in [1.54, 1.807) is 50.4 Å². The van der Waals surface area contributed by atoms with Gasteiger partial charge in [-0.3, -0.25) is 4.79 Å². The average Bonchev–Trinajstić information content (AvgIpc) is 2.84. The molecule has 0 radical (unpaired) electrons. The molecule has 0 unspecified atom stereocenters. The summed E-state index contributed by atoms with van der Waals surface area (Å²) >= 11 is 0. The molecule has 1 fully saturated rings. The molecule has 2 aromatic carbocycles. The highest BCUT2D eigenvalue weighted by atomic mass is 16.5. The lowest BCUT2D eigenvalue weighted by Crippen LogP contribution is -2.40. The Bertz CT molecular complexity index is 787. The van der Waals surface area contributed by atoms with E-state index in [0.717, 1.165) is 16.3 Å². The Hall–Kier alpha value is -3.15. The van der Waals surface area contributed by atoms with Gasteiger partial charge >= 0.3 is 6.03 Å². The molecule has 0 aromatic heterocycles. The summed E-state index contributed by atoms with van der Waals surface area (Å²) < 4.78 is 5.08. The maximum Gasteiger partial charge on any atom is 0.346 e. The number of hydrogen-bond acceptors (Lipinski definition) is 4. The van der Waals surface area contributed by atoms with Crippen molar-refractivity contribution in [3.05, 3.63) is 65.7 Å². The summed E-state index contributed by atoms with van der Waals surface area (Å²) in [4.78, 5) is 24.8. The molecule has 6 heteroatoms. The van der Waals surface area contributed by atoms with Crippen LogP contribution < -0.4 is 10.1 Å². The first kappa shape index (κ1) is 15.7. The van der Waals surface area contributed by atoms with E-state index in [1.807, 2.05) is 18.2 Å². The molecule has 122 valence electrons. The van der Waals surface area contributed by atoms with Gasteiger partial charge < -0.3 is 10.1 Å². The number of hydrazone groups is 1. The van der Waals surface area contributed by atoms with Crippen LogP contribution in [0.15, 0.2) is 59.7 Å². The number of carbonyl (C=O) groups is 2. The smallest absolute Gasteiger partial charge is 0.346 e. The van der Waals surface area contributed by atoms with Crippen LogP contribution in [0, 0.1) is 0 Å². The second-order valence-corrected chi connectivity index (χ2v) is 5.56. The van der Waals surface area contributed by atoms with Crippen LogP contribution in [0.3, 0.4) is 0 Å². The first-order chi connectivity index (χ1) is 11.5. The number of imide groups is 1. The highest BCUT2D eigenvalue weighted by Crippen LogP contribution is 2.28. The third-order valence-corrected chi connectivity index (χ3v) is 3.96. The molecule has 0 saturated carbocycles. The second-order valence-electron chi connectivity index (χ2n) is 5.56. The molecule has 1 atom stereocenters. The van der Waals surface area contributed by atoms with Gasteiger partial charge in [-0.15, -0.1) is 5.01 Å². The zero-order chi connectivity index (χ0) is 17.2. The van der Waals surface area contributed by atoms with Crippen LogP contribution in [-0.2, 0) is 10.3 Å². The van der Waals surface area contributed by atoms with Gasteiger partial charge in [-0.25, -0.2) is 4.79 Å². The van der Waals surface area contributed by atoms with Gasteiger partial charge in [-0.2, -0.15) is 5.10 Å². The Morgan fingerprint density at radius 1 is 1.08 bits per heavy atom. The van der Waals surface area contributed by atoms with E-state index in [1.165, 1.54) is 6.21 Å². The van der Waals surface area contributed by atoms with E-state index < -0.39 is 17.5 Å². The quantitative estimate of drug-likeness (QED) is 0.694. The van der Waals surface area contributed by atoms with Crippen LogP contribution >= 0.6 is 0 Å². The Labute approximate surface area is 139 Å². The molecule has 1 aliphatic heterocycles. The summed E-state index contributed by atoms with van der Waals surface area (Å²) in [6, 6.07) is 15.7. The topological polar surface area (TPSA) is 71.0 Å². The van der Waals surface area contributed by atoms with Gasteiger partial charge in [-0.05, 0) is 42.3 Å². The SMILES string of the molecule is COc1ccc(/C=N\N2C(=O)N[C@](C)(c3ccccc3)C2=O)cc1. The van der Waals surface area contributed by atoms with Crippen molar-refractivity contribution in [2.75, 3.05) is 7.11 Å². The number of benzene rings is 2. The van der Waals surface area contributed by atoms with E-state index in [2.05, 4.69) is 10.4 Å². The van der Waals surface area contributed by atoms with Crippen molar-refractivity contribution in [3.8, 4) is 5.75 Å². The fourth-order valence-electron chi connectivity index (χ4n) is 2.51. The van der Waals surface area contributed by atoms with Crippen molar-refractivity contribution in [3.63, 3.8) is 0 Å². The summed E-state index contributed by atoms with van der Waals surface area (Å²) in [7, 11) is 1.58.